The molecule has 1 aromatic rings. The molecule has 0 radical (unpaired) electrons. The van der Waals surface area contributed by atoms with Gasteiger partial charge in [0, 0.05) is 6.54 Å². The van der Waals surface area contributed by atoms with Crippen molar-refractivity contribution in [2.75, 3.05) is 6.54 Å². The highest BCUT2D eigenvalue weighted by atomic mass is 19.1. The Bertz CT molecular complexity index is 474. The Labute approximate surface area is 123 Å². The van der Waals surface area contributed by atoms with Gasteiger partial charge in [-0.15, -0.1) is 0 Å². The van der Waals surface area contributed by atoms with Gasteiger partial charge in [0.1, 0.15) is 5.82 Å². The second-order valence-corrected chi connectivity index (χ2v) is 5.28. The summed E-state index contributed by atoms with van der Waals surface area (Å²) in [7, 11) is 0. The number of aliphatic carboxylic acids is 1. The molecule has 1 rings (SSSR count). The number of benzene rings is 1. The largest absolute Gasteiger partial charge is 0.548 e. The van der Waals surface area contributed by atoms with Gasteiger partial charge in [-0.25, -0.2) is 9.18 Å². The number of hydrogen-bond acceptors (Lipinski definition) is 3. The Hall–Kier alpha value is -2.11. The Morgan fingerprint density at radius 3 is 2.38 bits per heavy atom. The number of amides is 2. The van der Waals surface area contributed by atoms with Crippen LogP contribution in [0, 0.1) is 11.7 Å². The van der Waals surface area contributed by atoms with Gasteiger partial charge < -0.3 is 20.5 Å². The molecule has 0 fully saturated rings. The molecular weight excluding hydrogens is 275 g/mol. The van der Waals surface area contributed by atoms with Gasteiger partial charge >= 0.3 is 6.03 Å². The van der Waals surface area contributed by atoms with Gasteiger partial charge in [0.05, 0.1) is 12.0 Å². The predicted molar refractivity (Wildman–Crippen MR) is 74.9 cm³/mol. The minimum atomic E-state index is -1.29. The first-order valence-corrected chi connectivity index (χ1v) is 6.88. The smallest absolute Gasteiger partial charge is 0.315 e. The lowest BCUT2D eigenvalue weighted by Crippen LogP contribution is -2.51. The number of hydrogen-bond donors (Lipinski definition) is 2. The van der Waals surface area contributed by atoms with E-state index in [-0.39, 0.29) is 11.7 Å². The first-order chi connectivity index (χ1) is 9.88. The molecule has 0 saturated heterocycles. The van der Waals surface area contributed by atoms with E-state index in [0.29, 0.717) is 19.4 Å². The molecule has 0 bridgehead atoms. The van der Waals surface area contributed by atoms with Gasteiger partial charge in [0.2, 0.25) is 0 Å². The molecule has 0 unspecified atom stereocenters. The third-order valence-corrected chi connectivity index (χ3v) is 2.91. The summed E-state index contributed by atoms with van der Waals surface area (Å²) in [6, 6.07) is 4.42. The topological polar surface area (TPSA) is 81.3 Å². The molecule has 116 valence electrons. The van der Waals surface area contributed by atoms with Crippen LogP contribution in [-0.4, -0.2) is 24.6 Å². The van der Waals surface area contributed by atoms with E-state index in [1.54, 1.807) is 12.1 Å². The zero-order valence-electron chi connectivity index (χ0n) is 12.2. The number of nitrogens with one attached hydrogen (secondary N) is 2. The molecule has 0 spiro atoms. The highest BCUT2D eigenvalue weighted by Crippen LogP contribution is 2.04. The summed E-state index contributed by atoms with van der Waals surface area (Å²) in [6.45, 7) is 4.06. The number of urea groups is 1. The van der Waals surface area contributed by atoms with Crippen LogP contribution < -0.4 is 15.7 Å². The summed E-state index contributed by atoms with van der Waals surface area (Å²) < 4.78 is 12.7. The van der Waals surface area contributed by atoms with Crippen molar-refractivity contribution in [2.45, 2.75) is 32.7 Å². The van der Waals surface area contributed by atoms with Gasteiger partial charge in [-0.1, -0.05) is 26.0 Å². The first kappa shape index (κ1) is 16.9. The Morgan fingerprint density at radius 1 is 1.24 bits per heavy atom. The average Bonchev–Trinajstić information content (AvgIpc) is 2.39. The SMILES string of the molecule is CC(C)C[C@H](NC(=O)NCCc1ccc(F)cc1)C(=O)[O-]. The van der Waals surface area contributed by atoms with E-state index in [4.69, 9.17) is 0 Å². The second kappa shape index (κ2) is 8.24. The fraction of sp³-hybridized carbons (Fsp3) is 0.467. The maximum absolute atomic E-state index is 12.7. The zero-order valence-corrected chi connectivity index (χ0v) is 12.2. The normalized spacial score (nSPS) is 12.0. The molecule has 0 aliphatic rings. The summed E-state index contributed by atoms with van der Waals surface area (Å²) in [4.78, 5) is 22.5. The van der Waals surface area contributed by atoms with Crippen molar-refractivity contribution in [3.8, 4) is 0 Å². The molecule has 1 atom stereocenters. The van der Waals surface area contributed by atoms with Gasteiger partial charge in [0.15, 0.2) is 0 Å². The van der Waals surface area contributed by atoms with Crippen LogP contribution in [0.2, 0.25) is 0 Å². The Morgan fingerprint density at radius 2 is 1.86 bits per heavy atom. The number of halogens is 1. The molecule has 6 heteroatoms. The van der Waals surface area contributed by atoms with Crippen molar-refractivity contribution in [3.63, 3.8) is 0 Å². The third kappa shape index (κ3) is 6.74. The maximum Gasteiger partial charge on any atom is 0.315 e. The van der Waals surface area contributed by atoms with Gasteiger partial charge in [-0.2, -0.15) is 0 Å². The highest BCUT2D eigenvalue weighted by molar-refractivity contribution is 5.81. The molecule has 0 aliphatic heterocycles. The minimum absolute atomic E-state index is 0.132. The summed E-state index contributed by atoms with van der Waals surface area (Å²) >= 11 is 0. The second-order valence-electron chi connectivity index (χ2n) is 5.28. The first-order valence-electron chi connectivity index (χ1n) is 6.88. The van der Waals surface area contributed by atoms with E-state index in [1.807, 2.05) is 13.8 Å². The van der Waals surface area contributed by atoms with Crippen LogP contribution in [0.15, 0.2) is 24.3 Å². The lowest BCUT2D eigenvalue weighted by atomic mass is 10.0. The van der Waals surface area contributed by atoms with Crippen molar-refractivity contribution < 1.29 is 19.1 Å². The minimum Gasteiger partial charge on any atom is -0.548 e. The molecule has 5 nitrogen and oxygen atoms in total. The molecular formula is C15H20FN2O3-. The standard InChI is InChI=1S/C15H21FN2O3/c1-10(2)9-13(14(19)20)18-15(21)17-8-7-11-3-5-12(16)6-4-11/h3-6,10,13H,7-9H2,1-2H3,(H,19,20)(H2,17,18,21)/p-1/t13-/m0/s1. The van der Waals surface area contributed by atoms with Gasteiger partial charge in [-0.3, -0.25) is 0 Å². The lowest BCUT2D eigenvalue weighted by molar-refractivity contribution is -0.308. The monoisotopic (exact) mass is 295 g/mol. The van der Waals surface area contributed by atoms with Crippen molar-refractivity contribution in [1.82, 2.24) is 10.6 Å². The molecule has 2 N–H and O–H groups in total. The molecule has 21 heavy (non-hydrogen) atoms. The van der Waals surface area contributed by atoms with Crippen LogP contribution >= 0.6 is 0 Å². The summed E-state index contributed by atoms with van der Waals surface area (Å²) in [5, 5.41) is 15.8. The van der Waals surface area contributed by atoms with Crippen LogP contribution in [-0.2, 0) is 11.2 Å². The predicted octanol–water partition coefficient (Wildman–Crippen LogP) is 0.832. The summed E-state index contributed by atoms with van der Waals surface area (Å²) in [5.41, 5.74) is 0.885. The van der Waals surface area contributed by atoms with Crippen LogP contribution in [0.3, 0.4) is 0 Å². The maximum atomic E-state index is 12.7. The molecule has 0 heterocycles. The average molecular weight is 295 g/mol. The Balaban J connectivity index is 2.35. The molecule has 0 aromatic heterocycles. The van der Waals surface area contributed by atoms with E-state index < -0.39 is 18.0 Å². The van der Waals surface area contributed by atoms with Crippen LogP contribution in [0.25, 0.3) is 0 Å². The van der Waals surface area contributed by atoms with Crippen LogP contribution in [0.1, 0.15) is 25.8 Å². The number of carboxylic acids is 1. The number of carboxylic acid groups (broad SMARTS) is 1. The van der Waals surface area contributed by atoms with E-state index in [9.17, 15) is 19.1 Å². The van der Waals surface area contributed by atoms with Crippen LogP contribution in [0.4, 0.5) is 9.18 Å². The fourth-order valence-electron chi connectivity index (χ4n) is 1.87. The Kier molecular flexibility index (Phi) is 6.65. The number of carbonyl (C=O) groups is 2. The molecule has 1 aromatic carbocycles. The van der Waals surface area contributed by atoms with Crippen molar-refractivity contribution in [3.05, 3.63) is 35.6 Å². The number of carbonyl (C=O) groups excluding carboxylic acids is 2. The molecule has 0 saturated carbocycles. The third-order valence-electron chi connectivity index (χ3n) is 2.91. The van der Waals surface area contributed by atoms with E-state index in [0.717, 1.165) is 5.56 Å². The summed E-state index contributed by atoms with van der Waals surface area (Å²) in [5.74, 6) is -1.47. The summed E-state index contributed by atoms with van der Waals surface area (Å²) in [6.07, 6.45) is 0.849. The highest BCUT2D eigenvalue weighted by Gasteiger charge is 2.14. The van der Waals surface area contributed by atoms with Crippen molar-refractivity contribution >= 4 is 12.0 Å². The van der Waals surface area contributed by atoms with E-state index >= 15 is 0 Å². The quantitative estimate of drug-likeness (QED) is 0.782. The van der Waals surface area contributed by atoms with Crippen molar-refractivity contribution in [1.29, 1.82) is 0 Å². The fourth-order valence-corrected chi connectivity index (χ4v) is 1.87. The molecule has 0 aliphatic carbocycles. The van der Waals surface area contributed by atoms with Crippen molar-refractivity contribution in [2.24, 2.45) is 5.92 Å². The van der Waals surface area contributed by atoms with Gasteiger partial charge in [0.25, 0.3) is 0 Å². The van der Waals surface area contributed by atoms with Gasteiger partial charge in [-0.05, 0) is 36.5 Å². The van der Waals surface area contributed by atoms with E-state index in [1.165, 1.54) is 12.1 Å². The molecule has 2 amide bonds. The lowest BCUT2D eigenvalue weighted by Gasteiger charge is -2.21. The van der Waals surface area contributed by atoms with E-state index in [2.05, 4.69) is 10.6 Å². The zero-order chi connectivity index (χ0) is 15.8. The van der Waals surface area contributed by atoms with Crippen LogP contribution in [0.5, 0.6) is 0 Å². The number of rotatable bonds is 7.